The Bertz CT molecular complexity index is 1020. The molecule has 0 bridgehead atoms. The van der Waals surface area contributed by atoms with Gasteiger partial charge in [-0.25, -0.2) is 0 Å². The van der Waals surface area contributed by atoms with Crippen LogP contribution in [0.25, 0.3) is 0 Å². The first-order chi connectivity index (χ1) is 17.0. The molecule has 35 heavy (non-hydrogen) atoms. The summed E-state index contributed by atoms with van der Waals surface area (Å²) in [5, 5.41) is 0. The Morgan fingerprint density at radius 3 is 2.49 bits per heavy atom. The van der Waals surface area contributed by atoms with Crippen LogP contribution in [-0.4, -0.2) is 75.2 Å². The monoisotopic (exact) mass is 480 g/mol. The van der Waals surface area contributed by atoms with E-state index in [0.717, 1.165) is 32.1 Å². The Hall–Kier alpha value is -3.06. The first kappa shape index (κ1) is 25.0. The Morgan fingerprint density at radius 2 is 1.69 bits per heavy atom. The molecule has 2 aromatic rings. The lowest BCUT2D eigenvalue weighted by atomic mass is 9.75. The molecule has 2 aromatic carbocycles. The van der Waals surface area contributed by atoms with Crippen molar-refractivity contribution in [2.24, 2.45) is 5.41 Å². The van der Waals surface area contributed by atoms with Gasteiger partial charge in [0.15, 0.2) is 0 Å². The highest BCUT2D eigenvalue weighted by atomic mass is 16.5. The van der Waals surface area contributed by atoms with Crippen LogP contribution in [0.15, 0.2) is 48.5 Å². The van der Waals surface area contributed by atoms with Gasteiger partial charge < -0.3 is 24.0 Å². The van der Waals surface area contributed by atoms with Crippen molar-refractivity contribution in [1.82, 2.24) is 9.80 Å². The fourth-order valence-electron chi connectivity index (χ4n) is 4.96. The maximum Gasteiger partial charge on any atom is 0.257 e. The number of piperidine rings is 1. The van der Waals surface area contributed by atoms with E-state index in [2.05, 4.69) is 0 Å². The summed E-state index contributed by atoms with van der Waals surface area (Å²) in [6.45, 7) is 3.62. The van der Waals surface area contributed by atoms with Gasteiger partial charge in [-0.1, -0.05) is 30.7 Å². The van der Waals surface area contributed by atoms with E-state index < -0.39 is 0 Å². The summed E-state index contributed by atoms with van der Waals surface area (Å²) in [7, 11) is 3.39. The zero-order valence-electron chi connectivity index (χ0n) is 20.8. The molecular weight excluding hydrogens is 444 g/mol. The van der Waals surface area contributed by atoms with E-state index in [9.17, 15) is 9.59 Å². The number of likely N-dealkylation sites (N-methyl/N-ethyl adjacent to an activating group) is 1. The number of nitrogens with zero attached hydrogens (tertiary/aromatic N) is 2. The molecule has 7 heteroatoms. The van der Waals surface area contributed by atoms with Gasteiger partial charge in [-0.3, -0.25) is 9.59 Å². The number of para-hydroxylation sites is 2. The normalized spacial score (nSPS) is 19.4. The van der Waals surface area contributed by atoms with Crippen LogP contribution in [0.4, 0.5) is 0 Å². The Labute approximate surface area is 207 Å². The van der Waals surface area contributed by atoms with Gasteiger partial charge >= 0.3 is 0 Å². The second kappa shape index (κ2) is 11.6. The third-order valence-corrected chi connectivity index (χ3v) is 7.26. The fraction of sp³-hybridized carbons (Fsp3) is 0.500. The third kappa shape index (κ3) is 5.96. The molecule has 2 aliphatic heterocycles. The molecule has 2 amide bonds. The fourth-order valence-corrected chi connectivity index (χ4v) is 4.96. The topological polar surface area (TPSA) is 68.3 Å². The van der Waals surface area contributed by atoms with Gasteiger partial charge in [0.2, 0.25) is 0 Å². The highest BCUT2D eigenvalue weighted by molar-refractivity contribution is 5.97. The van der Waals surface area contributed by atoms with Crippen molar-refractivity contribution in [2.45, 2.75) is 32.1 Å². The summed E-state index contributed by atoms with van der Waals surface area (Å²) < 4.78 is 17.6. The molecule has 0 aliphatic carbocycles. The molecule has 0 atom stereocenters. The predicted molar refractivity (Wildman–Crippen MR) is 134 cm³/mol. The lowest BCUT2D eigenvalue weighted by molar-refractivity contribution is 0.0327. The van der Waals surface area contributed by atoms with Crippen molar-refractivity contribution >= 4 is 11.8 Å². The number of fused-ring (bicyclic) bond motifs is 1. The number of amides is 2. The molecule has 1 saturated heterocycles. The molecule has 7 nitrogen and oxygen atoms in total. The van der Waals surface area contributed by atoms with Crippen LogP contribution in [0.3, 0.4) is 0 Å². The number of hydrogen-bond donors (Lipinski definition) is 0. The molecule has 0 N–H and O–H groups in total. The van der Waals surface area contributed by atoms with Crippen molar-refractivity contribution in [3.8, 4) is 11.5 Å². The van der Waals surface area contributed by atoms with Gasteiger partial charge in [0, 0.05) is 38.7 Å². The number of hydrogen-bond acceptors (Lipinski definition) is 5. The van der Waals surface area contributed by atoms with Crippen LogP contribution < -0.4 is 9.47 Å². The number of methoxy groups -OCH3 is 1. The highest BCUT2D eigenvalue weighted by Gasteiger charge is 2.37. The van der Waals surface area contributed by atoms with Crippen molar-refractivity contribution in [3.05, 3.63) is 59.7 Å². The largest absolute Gasteiger partial charge is 0.496 e. The zero-order valence-corrected chi connectivity index (χ0v) is 20.8. The Balaban J connectivity index is 1.50. The predicted octanol–water partition coefficient (Wildman–Crippen LogP) is 4.27. The van der Waals surface area contributed by atoms with Crippen molar-refractivity contribution in [3.63, 3.8) is 0 Å². The molecule has 2 aliphatic rings. The number of rotatable bonds is 2. The van der Waals surface area contributed by atoms with Crippen LogP contribution in [0, 0.1) is 5.41 Å². The molecule has 0 unspecified atom stereocenters. The first-order valence-corrected chi connectivity index (χ1v) is 12.5. The Kier molecular flexibility index (Phi) is 8.29. The average Bonchev–Trinajstić information content (AvgIpc) is 2.90. The zero-order chi connectivity index (χ0) is 24.7. The standard InChI is InChI=1S/C28H36N2O5/c1-29-18-20-34-19-8-7-13-28(21-35-25-12-6-4-10-23(25)26(29)31)14-16-30(17-15-28)27(32)22-9-3-5-11-24(22)33-2/h3-6,9-12H,7-8,13-21H2,1-2H3. The van der Waals surface area contributed by atoms with Crippen molar-refractivity contribution < 1.29 is 23.8 Å². The molecule has 188 valence electrons. The molecule has 4 rings (SSSR count). The number of likely N-dealkylation sites (tertiary alicyclic amines) is 1. The maximum atomic E-state index is 13.2. The quantitative estimate of drug-likeness (QED) is 0.642. The van der Waals surface area contributed by atoms with E-state index >= 15 is 0 Å². The lowest BCUT2D eigenvalue weighted by Crippen LogP contribution is -2.45. The lowest BCUT2D eigenvalue weighted by Gasteiger charge is -2.42. The second-order valence-electron chi connectivity index (χ2n) is 9.57. The van der Waals surface area contributed by atoms with Gasteiger partial charge in [-0.2, -0.15) is 0 Å². The summed E-state index contributed by atoms with van der Waals surface area (Å²) in [5.41, 5.74) is 1.12. The van der Waals surface area contributed by atoms with Gasteiger partial charge in [0.25, 0.3) is 11.8 Å². The van der Waals surface area contributed by atoms with E-state index in [0.29, 0.717) is 62.1 Å². The number of carbonyl (C=O) groups excluding carboxylic acids is 2. The summed E-state index contributed by atoms with van der Waals surface area (Å²) in [6, 6.07) is 14.8. The summed E-state index contributed by atoms with van der Waals surface area (Å²) in [4.78, 5) is 29.8. The molecule has 2 heterocycles. The first-order valence-electron chi connectivity index (χ1n) is 12.5. The smallest absolute Gasteiger partial charge is 0.257 e. The van der Waals surface area contributed by atoms with Crippen LogP contribution in [0.1, 0.15) is 52.8 Å². The minimum absolute atomic E-state index is 0.00601. The van der Waals surface area contributed by atoms with Crippen LogP contribution >= 0.6 is 0 Å². The van der Waals surface area contributed by atoms with E-state index in [1.54, 1.807) is 19.1 Å². The van der Waals surface area contributed by atoms with Crippen molar-refractivity contribution in [1.29, 1.82) is 0 Å². The molecule has 1 spiro atoms. The van der Waals surface area contributed by atoms with Crippen molar-refractivity contribution in [2.75, 3.05) is 53.6 Å². The number of ether oxygens (including phenoxy) is 3. The van der Waals surface area contributed by atoms with E-state index in [1.165, 1.54) is 0 Å². The van der Waals surface area contributed by atoms with Gasteiger partial charge in [0.05, 0.1) is 31.5 Å². The average molecular weight is 481 g/mol. The van der Waals surface area contributed by atoms with Gasteiger partial charge in [-0.05, 0) is 49.9 Å². The van der Waals surface area contributed by atoms with Gasteiger partial charge in [0.1, 0.15) is 11.5 Å². The minimum atomic E-state index is -0.0625. The van der Waals surface area contributed by atoms with Crippen LogP contribution in [0.5, 0.6) is 11.5 Å². The second-order valence-corrected chi connectivity index (χ2v) is 9.57. The number of carbonyl (C=O) groups is 2. The van der Waals surface area contributed by atoms with Crippen LogP contribution in [-0.2, 0) is 4.74 Å². The highest BCUT2D eigenvalue weighted by Crippen LogP contribution is 2.38. The molecule has 0 radical (unpaired) electrons. The van der Waals surface area contributed by atoms with E-state index in [1.807, 2.05) is 53.4 Å². The molecule has 1 fully saturated rings. The van der Waals surface area contributed by atoms with Gasteiger partial charge in [-0.15, -0.1) is 0 Å². The SMILES string of the molecule is COc1ccccc1C(=O)N1CCC2(CCCCOCCN(C)C(=O)c3ccccc3OC2)CC1. The summed E-state index contributed by atoms with van der Waals surface area (Å²) in [6.07, 6.45) is 4.72. The number of benzene rings is 2. The molecular formula is C28H36N2O5. The third-order valence-electron chi connectivity index (χ3n) is 7.26. The summed E-state index contributed by atoms with van der Waals surface area (Å²) in [5.74, 6) is 1.17. The molecule has 0 saturated carbocycles. The summed E-state index contributed by atoms with van der Waals surface area (Å²) >= 11 is 0. The van der Waals surface area contributed by atoms with Crippen LogP contribution in [0.2, 0.25) is 0 Å². The van der Waals surface area contributed by atoms with E-state index in [-0.39, 0.29) is 17.2 Å². The molecule has 0 aromatic heterocycles. The minimum Gasteiger partial charge on any atom is -0.496 e. The Morgan fingerprint density at radius 1 is 0.943 bits per heavy atom. The maximum absolute atomic E-state index is 13.2. The van der Waals surface area contributed by atoms with E-state index in [4.69, 9.17) is 14.2 Å².